The van der Waals surface area contributed by atoms with E-state index in [1.165, 1.54) is 29.0 Å². The van der Waals surface area contributed by atoms with Gasteiger partial charge in [-0.15, -0.1) is 0 Å². The van der Waals surface area contributed by atoms with Crippen molar-refractivity contribution in [2.45, 2.75) is 31.3 Å². The van der Waals surface area contributed by atoms with Crippen molar-refractivity contribution in [1.29, 1.82) is 0 Å². The van der Waals surface area contributed by atoms with E-state index in [2.05, 4.69) is 95.7 Å². The molecular formula is C26H27N2OP. The van der Waals surface area contributed by atoms with Crippen molar-refractivity contribution in [3.63, 3.8) is 0 Å². The Hall–Kier alpha value is -2.48. The fraction of sp³-hybridized carbons (Fsp3) is 0.269. The second-order valence-electron chi connectivity index (χ2n) is 7.86. The van der Waals surface area contributed by atoms with Gasteiger partial charge in [0, 0.05) is 14.6 Å². The van der Waals surface area contributed by atoms with Crippen molar-refractivity contribution < 1.29 is 4.74 Å². The van der Waals surface area contributed by atoms with Gasteiger partial charge in [0.2, 0.25) is 5.90 Å². The summed E-state index contributed by atoms with van der Waals surface area (Å²) in [7, 11) is -0.620. The Balaban J connectivity index is 1.49. The average molecular weight is 414 g/mol. The minimum atomic E-state index is -0.620. The number of benzene rings is 3. The van der Waals surface area contributed by atoms with E-state index in [1.54, 1.807) is 0 Å². The molecule has 3 aromatic carbocycles. The molecule has 2 atom stereocenters. The topological polar surface area (TPSA) is 24.8 Å². The first-order chi connectivity index (χ1) is 14.9. The second-order valence-corrected chi connectivity index (χ2v) is 10.0. The van der Waals surface area contributed by atoms with Crippen LogP contribution >= 0.6 is 8.07 Å². The molecule has 0 aromatic heterocycles. The summed E-state index contributed by atoms with van der Waals surface area (Å²) in [6, 6.07) is 32.8. The molecule has 1 fully saturated rings. The molecular weight excluding hydrogens is 387 g/mol. The first-order valence-corrected chi connectivity index (χ1v) is 12.1. The molecule has 0 spiro atoms. The summed E-state index contributed by atoms with van der Waals surface area (Å²) in [5, 5.41) is 2.78. The van der Waals surface area contributed by atoms with Crippen LogP contribution in [0.1, 0.15) is 30.9 Å². The van der Waals surface area contributed by atoms with Crippen LogP contribution in [0.25, 0.3) is 0 Å². The van der Waals surface area contributed by atoms with Crippen molar-refractivity contribution >= 4 is 24.6 Å². The molecule has 5 rings (SSSR count). The van der Waals surface area contributed by atoms with Gasteiger partial charge in [0.1, 0.15) is 12.6 Å². The van der Waals surface area contributed by atoms with Gasteiger partial charge >= 0.3 is 0 Å². The van der Waals surface area contributed by atoms with E-state index in [4.69, 9.17) is 9.73 Å². The van der Waals surface area contributed by atoms with Gasteiger partial charge in [-0.2, -0.15) is 0 Å². The summed E-state index contributed by atoms with van der Waals surface area (Å²) in [6.07, 6.45) is 3.57. The Morgan fingerprint density at radius 1 is 0.767 bits per heavy atom. The molecule has 0 N–H and O–H groups in total. The summed E-state index contributed by atoms with van der Waals surface area (Å²) in [5.74, 6) is 0.933. The maximum absolute atomic E-state index is 6.23. The van der Waals surface area contributed by atoms with E-state index in [0.717, 1.165) is 18.9 Å². The van der Waals surface area contributed by atoms with Crippen LogP contribution in [0, 0.1) is 0 Å². The maximum Gasteiger partial charge on any atom is 0.202 e. The Morgan fingerprint density at radius 2 is 1.37 bits per heavy atom. The lowest BCUT2D eigenvalue weighted by atomic mass is 10.0. The summed E-state index contributed by atoms with van der Waals surface area (Å²) >= 11 is 0. The molecule has 30 heavy (non-hydrogen) atoms. The van der Waals surface area contributed by atoms with Gasteiger partial charge in [0.15, 0.2) is 0 Å². The first-order valence-electron chi connectivity index (χ1n) is 10.8. The van der Waals surface area contributed by atoms with Crippen LogP contribution in [0.15, 0.2) is 96.0 Å². The normalized spacial score (nSPS) is 22.0. The highest BCUT2D eigenvalue weighted by Crippen LogP contribution is 2.44. The predicted octanol–water partition coefficient (Wildman–Crippen LogP) is 5.06. The average Bonchev–Trinajstić information content (AvgIpc) is 3.32. The Kier molecular flexibility index (Phi) is 5.92. The highest BCUT2D eigenvalue weighted by Gasteiger charge is 2.37. The van der Waals surface area contributed by atoms with Gasteiger partial charge in [-0.1, -0.05) is 97.4 Å². The maximum atomic E-state index is 6.23. The molecule has 2 heterocycles. The van der Waals surface area contributed by atoms with Crippen LogP contribution in [0.4, 0.5) is 0 Å². The van der Waals surface area contributed by atoms with Gasteiger partial charge in [-0.3, -0.25) is 4.67 Å². The fourth-order valence-electron chi connectivity index (χ4n) is 4.41. The zero-order chi connectivity index (χ0) is 20.2. The number of rotatable bonds is 5. The molecule has 0 bridgehead atoms. The molecule has 2 aliphatic heterocycles. The number of nitrogens with zero attached hydrogens (tertiary/aromatic N) is 2. The first kappa shape index (κ1) is 19.5. The lowest BCUT2D eigenvalue weighted by molar-refractivity contribution is 0.255. The van der Waals surface area contributed by atoms with Crippen LogP contribution in [0.2, 0.25) is 0 Å². The molecule has 3 nitrogen and oxygen atoms in total. The van der Waals surface area contributed by atoms with E-state index in [9.17, 15) is 0 Å². The van der Waals surface area contributed by atoms with E-state index in [1.807, 2.05) is 0 Å². The fourth-order valence-corrected chi connectivity index (χ4v) is 7.05. The zero-order valence-corrected chi connectivity index (χ0v) is 18.0. The molecule has 0 amide bonds. The third-order valence-corrected chi connectivity index (χ3v) is 8.44. The standard InChI is InChI=1S/C26H27N2OP/c1-4-12-21(13-5-1)24-20-29-26(27-24)25-18-10-11-19-28(25)30(22-14-6-2-7-15-22)23-16-8-3-9-17-23/h1-9,12-17,24-25H,10-11,18-20H2/t24-,25-/m0/s1. The molecule has 152 valence electrons. The summed E-state index contributed by atoms with van der Waals surface area (Å²) in [4.78, 5) is 5.07. The van der Waals surface area contributed by atoms with Gasteiger partial charge < -0.3 is 4.74 Å². The monoisotopic (exact) mass is 414 g/mol. The van der Waals surface area contributed by atoms with Crippen LogP contribution in [0.5, 0.6) is 0 Å². The minimum absolute atomic E-state index is 0.115. The highest BCUT2D eigenvalue weighted by molar-refractivity contribution is 7.70. The Labute approximate surface area is 180 Å². The van der Waals surface area contributed by atoms with Crippen LogP contribution in [-0.4, -0.2) is 29.8 Å². The van der Waals surface area contributed by atoms with Crippen molar-refractivity contribution in [3.05, 3.63) is 96.6 Å². The summed E-state index contributed by atoms with van der Waals surface area (Å²) in [6.45, 7) is 1.73. The molecule has 1 saturated heterocycles. The smallest absolute Gasteiger partial charge is 0.202 e. The largest absolute Gasteiger partial charge is 0.477 e. The van der Waals surface area contributed by atoms with Crippen molar-refractivity contribution in [2.75, 3.05) is 13.2 Å². The highest BCUT2D eigenvalue weighted by atomic mass is 31.1. The Morgan fingerprint density at radius 3 is 2.00 bits per heavy atom. The molecule has 3 aromatic rings. The minimum Gasteiger partial charge on any atom is -0.477 e. The quantitative estimate of drug-likeness (QED) is 0.545. The zero-order valence-electron chi connectivity index (χ0n) is 17.1. The van der Waals surface area contributed by atoms with Gasteiger partial charge in [0.05, 0.1) is 6.04 Å². The second kappa shape index (κ2) is 9.12. The van der Waals surface area contributed by atoms with E-state index in [0.29, 0.717) is 6.61 Å². The number of aliphatic imine (C=N–C) groups is 1. The SMILES string of the molecule is c1ccc([C@@H]2COC([C@@H]3CCCCN3P(c3ccccc3)c3ccccc3)=N2)cc1. The van der Waals surface area contributed by atoms with Gasteiger partial charge in [-0.05, 0) is 29.0 Å². The van der Waals surface area contributed by atoms with Crippen LogP contribution in [0.3, 0.4) is 0 Å². The molecule has 2 aliphatic rings. The van der Waals surface area contributed by atoms with E-state index >= 15 is 0 Å². The number of hydrogen-bond donors (Lipinski definition) is 0. The molecule has 0 radical (unpaired) electrons. The van der Waals surface area contributed by atoms with E-state index < -0.39 is 8.07 Å². The van der Waals surface area contributed by atoms with E-state index in [-0.39, 0.29) is 12.1 Å². The summed E-state index contributed by atoms with van der Waals surface area (Å²) < 4.78 is 8.91. The molecule has 4 heteroatoms. The van der Waals surface area contributed by atoms with Crippen LogP contribution in [-0.2, 0) is 4.74 Å². The lowest BCUT2D eigenvalue weighted by Crippen LogP contribution is -2.45. The van der Waals surface area contributed by atoms with Crippen molar-refractivity contribution in [3.8, 4) is 0 Å². The lowest BCUT2D eigenvalue weighted by Gasteiger charge is -2.40. The number of hydrogen-bond acceptors (Lipinski definition) is 3. The predicted molar refractivity (Wildman–Crippen MR) is 126 cm³/mol. The third kappa shape index (κ3) is 4.05. The van der Waals surface area contributed by atoms with Gasteiger partial charge in [-0.25, -0.2) is 4.99 Å². The third-order valence-electron chi connectivity index (χ3n) is 5.87. The number of piperidine rings is 1. The van der Waals surface area contributed by atoms with Crippen molar-refractivity contribution in [2.24, 2.45) is 4.99 Å². The number of ether oxygens (including phenoxy) is 1. The molecule has 0 unspecified atom stereocenters. The molecule has 0 saturated carbocycles. The Bertz CT molecular complexity index is 938. The summed E-state index contributed by atoms with van der Waals surface area (Å²) in [5.41, 5.74) is 1.24. The molecule has 0 aliphatic carbocycles. The van der Waals surface area contributed by atoms with Crippen molar-refractivity contribution in [1.82, 2.24) is 4.67 Å². The van der Waals surface area contributed by atoms with Crippen LogP contribution < -0.4 is 10.6 Å². The van der Waals surface area contributed by atoms with Gasteiger partial charge in [0.25, 0.3) is 0 Å².